The molecular formula is C17H27NO2. The van der Waals surface area contributed by atoms with Gasteiger partial charge in [-0.2, -0.15) is 0 Å². The number of hydrogen-bond acceptors (Lipinski definition) is 3. The average molecular weight is 277 g/mol. The standard InChI is InChI=1S/C17H27NO2/c1-12(2)19-16-11-14(5-6-15(16)18)20-13-7-9-17(3,4)10-8-13/h5-6,11-13H,7-10,18H2,1-4H3. The zero-order valence-electron chi connectivity index (χ0n) is 13.1. The van der Waals surface area contributed by atoms with Crippen LogP contribution in [0.5, 0.6) is 11.5 Å². The molecule has 0 amide bonds. The van der Waals surface area contributed by atoms with E-state index in [1.165, 1.54) is 12.8 Å². The first-order valence-corrected chi connectivity index (χ1v) is 7.58. The van der Waals surface area contributed by atoms with Crippen molar-refractivity contribution < 1.29 is 9.47 Å². The van der Waals surface area contributed by atoms with Gasteiger partial charge in [0.1, 0.15) is 11.5 Å². The van der Waals surface area contributed by atoms with Crippen LogP contribution in [0.1, 0.15) is 53.4 Å². The van der Waals surface area contributed by atoms with Crippen molar-refractivity contribution in [3.8, 4) is 11.5 Å². The monoisotopic (exact) mass is 277 g/mol. The summed E-state index contributed by atoms with van der Waals surface area (Å²) >= 11 is 0. The molecule has 1 aromatic carbocycles. The maximum atomic E-state index is 6.09. The molecule has 2 N–H and O–H groups in total. The fraction of sp³-hybridized carbons (Fsp3) is 0.647. The third-order valence-electron chi connectivity index (χ3n) is 3.94. The van der Waals surface area contributed by atoms with Gasteiger partial charge < -0.3 is 15.2 Å². The number of ether oxygens (including phenoxy) is 2. The number of nitrogens with two attached hydrogens (primary N) is 1. The second-order valence-electron chi connectivity index (χ2n) is 6.85. The minimum Gasteiger partial charge on any atom is -0.490 e. The van der Waals surface area contributed by atoms with Crippen LogP contribution in [-0.4, -0.2) is 12.2 Å². The third kappa shape index (κ3) is 4.06. The third-order valence-corrected chi connectivity index (χ3v) is 3.94. The van der Waals surface area contributed by atoms with Gasteiger partial charge in [-0.3, -0.25) is 0 Å². The molecule has 1 aromatic rings. The zero-order valence-corrected chi connectivity index (χ0v) is 13.1. The van der Waals surface area contributed by atoms with E-state index in [4.69, 9.17) is 15.2 Å². The maximum Gasteiger partial charge on any atom is 0.146 e. The second kappa shape index (κ2) is 5.94. The molecule has 0 saturated heterocycles. The van der Waals surface area contributed by atoms with Crippen molar-refractivity contribution in [2.75, 3.05) is 5.73 Å². The Balaban J connectivity index is 1.99. The summed E-state index contributed by atoms with van der Waals surface area (Å²) < 4.78 is 11.8. The van der Waals surface area contributed by atoms with Gasteiger partial charge in [0.25, 0.3) is 0 Å². The van der Waals surface area contributed by atoms with E-state index in [0.29, 0.717) is 23.0 Å². The Kier molecular flexibility index (Phi) is 4.46. The summed E-state index contributed by atoms with van der Waals surface area (Å²) in [6.45, 7) is 8.66. The number of nitrogen functional groups attached to an aromatic ring is 1. The normalized spacial score (nSPS) is 19.1. The first-order valence-electron chi connectivity index (χ1n) is 7.58. The number of rotatable bonds is 4. The van der Waals surface area contributed by atoms with E-state index >= 15 is 0 Å². The Morgan fingerprint density at radius 2 is 1.85 bits per heavy atom. The molecule has 20 heavy (non-hydrogen) atoms. The van der Waals surface area contributed by atoms with E-state index in [-0.39, 0.29) is 6.10 Å². The second-order valence-corrected chi connectivity index (χ2v) is 6.85. The number of benzene rings is 1. The maximum absolute atomic E-state index is 6.09. The van der Waals surface area contributed by atoms with Crippen molar-refractivity contribution in [3.05, 3.63) is 18.2 Å². The van der Waals surface area contributed by atoms with Gasteiger partial charge >= 0.3 is 0 Å². The molecule has 3 heteroatoms. The molecule has 2 rings (SSSR count). The van der Waals surface area contributed by atoms with Gasteiger partial charge in [-0.05, 0) is 57.1 Å². The highest BCUT2D eigenvalue weighted by atomic mass is 16.5. The van der Waals surface area contributed by atoms with Gasteiger partial charge in [-0.1, -0.05) is 13.8 Å². The molecule has 0 radical (unpaired) electrons. The fourth-order valence-corrected chi connectivity index (χ4v) is 2.63. The molecule has 0 atom stereocenters. The Morgan fingerprint density at radius 1 is 1.20 bits per heavy atom. The minimum absolute atomic E-state index is 0.114. The Bertz CT molecular complexity index is 444. The lowest BCUT2D eigenvalue weighted by Gasteiger charge is -2.34. The van der Waals surface area contributed by atoms with Crippen molar-refractivity contribution in [3.63, 3.8) is 0 Å². The van der Waals surface area contributed by atoms with Gasteiger partial charge in [-0.25, -0.2) is 0 Å². The fourth-order valence-electron chi connectivity index (χ4n) is 2.63. The summed E-state index contributed by atoms with van der Waals surface area (Å²) in [5.74, 6) is 1.58. The van der Waals surface area contributed by atoms with E-state index in [1.54, 1.807) is 0 Å². The Hall–Kier alpha value is -1.38. The van der Waals surface area contributed by atoms with Gasteiger partial charge in [0.2, 0.25) is 0 Å². The Morgan fingerprint density at radius 3 is 2.45 bits per heavy atom. The smallest absolute Gasteiger partial charge is 0.146 e. The zero-order chi connectivity index (χ0) is 14.8. The summed E-state index contributed by atoms with van der Waals surface area (Å²) in [6.07, 6.45) is 5.13. The van der Waals surface area contributed by atoms with Crippen molar-refractivity contribution in [2.24, 2.45) is 5.41 Å². The van der Waals surface area contributed by atoms with Crippen molar-refractivity contribution in [2.45, 2.75) is 65.6 Å². The van der Waals surface area contributed by atoms with E-state index in [0.717, 1.165) is 18.6 Å². The highest BCUT2D eigenvalue weighted by Crippen LogP contribution is 2.37. The van der Waals surface area contributed by atoms with Gasteiger partial charge in [0.05, 0.1) is 17.9 Å². The lowest BCUT2D eigenvalue weighted by molar-refractivity contribution is 0.0983. The molecule has 1 fully saturated rings. The van der Waals surface area contributed by atoms with Crippen LogP contribution in [0.25, 0.3) is 0 Å². The lowest BCUT2D eigenvalue weighted by Crippen LogP contribution is -2.28. The van der Waals surface area contributed by atoms with Gasteiger partial charge in [0, 0.05) is 6.07 Å². The van der Waals surface area contributed by atoms with Crippen LogP contribution < -0.4 is 15.2 Å². The average Bonchev–Trinajstić information content (AvgIpc) is 2.35. The molecule has 3 nitrogen and oxygen atoms in total. The van der Waals surface area contributed by atoms with Crippen molar-refractivity contribution >= 4 is 5.69 Å². The summed E-state index contributed by atoms with van der Waals surface area (Å²) in [5, 5.41) is 0. The summed E-state index contributed by atoms with van der Waals surface area (Å²) in [7, 11) is 0. The van der Waals surface area contributed by atoms with Crippen LogP contribution in [0.3, 0.4) is 0 Å². The molecule has 1 aliphatic carbocycles. The molecule has 0 aliphatic heterocycles. The molecule has 1 saturated carbocycles. The van der Waals surface area contributed by atoms with Crippen LogP contribution in [-0.2, 0) is 0 Å². The predicted octanol–water partition coefficient (Wildman–Crippen LogP) is 4.40. The highest BCUT2D eigenvalue weighted by Gasteiger charge is 2.27. The van der Waals surface area contributed by atoms with Crippen LogP contribution in [0.2, 0.25) is 0 Å². The molecule has 0 spiro atoms. The predicted molar refractivity (Wildman–Crippen MR) is 83.3 cm³/mol. The van der Waals surface area contributed by atoms with E-state index in [2.05, 4.69) is 13.8 Å². The molecule has 1 aliphatic rings. The SMILES string of the molecule is CC(C)Oc1cc(OC2CCC(C)(C)CC2)ccc1N. The summed E-state index contributed by atoms with van der Waals surface area (Å²) in [4.78, 5) is 0. The molecular weight excluding hydrogens is 250 g/mol. The summed E-state index contributed by atoms with van der Waals surface area (Å²) in [6, 6.07) is 5.71. The first kappa shape index (κ1) is 15.0. The quantitative estimate of drug-likeness (QED) is 0.829. The molecule has 0 aromatic heterocycles. The van der Waals surface area contributed by atoms with Crippen LogP contribution in [0.15, 0.2) is 18.2 Å². The molecule has 112 valence electrons. The highest BCUT2D eigenvalue weighted by molar-refractivity contribution is 5.55. The van der Waals surface area contributed by atoms with E-state index in [9.17, 15) is 0 Å². The number of hydrogen-bond donors (Lipinski definition) is 1. The largest absolute Gasteiger partial charge is 0.490 e. The van der Waals surface area contributed by atoms with Gasteiger partial charge in [0.15, 0.2) is 0 Å². The van der Waals surface area contributed by atoms with E-state index in [1.807, 2.05) is 32.0 Å². The first-order chi connectivity index (χ1) is 9.35. The lowest BCUT2D eigenvalue weighted by atomic mass is 9.76. The molecule has 0 unspecified atom stereocenters. The van der Waals surface area contributed by atoms with Crippen molar-refractivity contribution in [1.29, 1.82) is 0 Å². The molecule has 0 heterocycles. The van der Waals surface area contributed by atoms with Crippen LogP contribution in [0, 0.1) is 5.41 Å². The minimum atomic E-state index is 0.114. The number of anilines is 1. The molecule has 0 bridgehead atoms. The Labute approximate surface area is 122 Å². The van der Waals surface area contributed by atoms with E-state index < -0.39 is 0 Å². The van der Waals surface area contributed by atoms with Crippen LogP contribution in [0.4, 0.5) is 5.69 Å². The van der Waals surface area contributed by atoms with Gasteiger partial charge in [-0.15, -0.1) is 0 Å². The summed E-state index contributed by atoms with van der Waals surface area (Å²) in [5.41, 5.74) is 7.05. The van der Waals surface area contributed by atoms with Crippen molar-refractivity contribution in [1.82, 2.24) is 0 Å². The van der Waals surface area contributed by atoms with Crippen LogP contribution >= 0.6 is 0 Å². The topological polar surface area (TPSA) is 44.5 Å².